The zero-order valence-electron chi connectivity index (χ0n) is 17.2. The molecule has 29 heavy (non-hydrogen) atoms. The fraction of sp³-hybridized carbons (Fsp3) is 0.450. The summed E-state index contributed by atoms with van der Waals surface area (Å²) in [7, 11) is 4.03. The van der Waals surface area contributed by atoms with Crippen LogP contribution in [-0.2, 0) is 10.5 Å². The lowest BCUT2D eigenvalue weighted by Crippen LogP contribution is -2.38. The van der Waals surface area contributed by atoms with Crippen molar-refractivity contribution in [2.75, 3.05) is 20.6 Å². The molecule has 1 amide bonds. The number of rotatable bonds is 8. The van der Waals surface area contributed by atoms with Crippen molar-refractivity contribution in [3.8, 4) is 0 Å². The molecule has 0 aliphatic heterocycles. The summed E-state index contributed by atoms with van der Waals surface area (Å²) in [5.41, 5.74) is 2.10. The van der Waals surface area contributed by atoms with Crippen molar-refractivity contribution >= 4 is 50.6 Å². The Labute approximate surface area is 182 Å². The Morgan fingerprint density at radius 3 is 2.79 bits per heavy atom. The minimum Gasteiger partial charge on any atom is -0.353 e. The summed E-state index contributed by atoms with van der Waals surface area (Å²) >= 11 is 4.67. The van der Waals surface area contributed by atoms with Crippen molar-refractivity contribution in [2.45, 2.75) is 37.8 Å². The van der Waals surface area contributed by atoms with E-state index in [1.54, 1.807) is 11.3 Å². The average Bonchev–Trinajstić information content (AvgIpc) is 3.28. The van der Waals surface area contributed by atoms with Crippen LogP contribution in [0.25, 0.3) is 10.2 Å². The molecule has 0 bridgehead atoms. The quantitative estimate of drug-likeness (QED) is 0.547. The van der Waals surface area contributed by atoms with Gasteiger partial charge in [0.2, 0.25) is 5.91 Å². The summed E-state index contributed by atoms with van der Waals surface area (Å²) in [4.78, 5) is 36.4. The summed E-state index contributed by atoms with van der Waals surface area (Å²) in [6, 6.07) is 2.24. The minimum absolute atomic E-state index is 0.0108. The standard InChI is InChI=1S/C20H26N4O2S3/c1-11-12(2)29-20-17(11)19(26)22-16(23-20)10-28-13(3)18(25)21-8-15(24(4)5)14-6-7-27-9-14/h6-7,9,13,15H,8,10H2,1-5H3,(H,21,25)(H,22,23,26). The molecular weight excluding hydrogens is 424 g/mol. The van der Waals surface area contributed by atoms with E-state index in [-0.39, 0.29) is 22.8 Å². The van der Waals surface area contributed by atoms with E-state index in [1.807, 2.05) is 40.2 Å². The third-order valence-corrected chi connectivity index (χ3v) is 7.91. The highest BCUT2D eigenvalue weighted by atomic mass is 32.2. The van der Waals surface area contributed by atoms with Crippen LogP contribution in [0.1, 0.15) is 34.8 Å². The second-order valence-electron chi connectivity index (χ2n) is 7.21. The van der Waals surface area contributed by atoms with Gasteiger partial charge in [0.1, 0.15) is 10.7 Å². The van der Waals surface area contributed by atoms with Crippen molar-refractivity contribution in [1.29, 1.82) is 0 Å². The van der Waals surface area contributed by atoms with Crippen LogP contribution < -0.4 is 10.9 Å². The predicted octanol–water partition coefficient (Wildman–Crippen LogP) is 3.70. The number of likely N-dealkylation sites (N-methyl/N-ethyl adjacent to an activating group) is 1. The van der Waals surface area contributed by atoms with Gasteiger partial charge in [-0.15, -0.1) is 23.1 Å². The Balaban J connectivity index is 1.59. The molecule has 0 radical (unpaired) electrons. The van der Waals surface area contributed by atoms with E-state index in [2.05, 4.69) is 31.6 Å². The lowest BCUT2D eigenvalue weighted by atomic mass is 10.1. The average molecular weight is 451 g/mol. The fourth-order valence-electron chi connectivity index (χ4n) is 3.05. The van der Waals surface area contributed by atoms with E-state index in [1.165, 1.54) is 28.7 Å². The molecule has 6 nitrogen and oxygen atoms in total. The molecule has 0 fully saturated rings. The summed E-state index contributed by atoms with van der Waals surface area (Å²) in [5.74, 6) is 1.08. The molecule has 3 aromatic rings. The lowest BCUT2D eigenvalue weighted by Gasteiger charge is -2.24. The predicted molar refractivity (Wildman–Crippen MR) is 124 cm³/mol. The Bertz CT molecular complexity index is 1040. The second-order valence-corrected chi connectivity index (χ2v) is 10.5. The van der Waals surface area contributed by atoms with Gasteiger partial charge in [-0.1, -0.05) is 0 Å². The number of carbonyl (C=O) groups excluding carboxylic acids is 1. The van der Waals surface area contributed by atoms with E-state index >= 15 is 0 Å². The molecule has 2 unspecified atom stereocenters. The SMILES string of the molecule is Cc1sc2nc(CSC(C)C(=O)NCC(c3ccsc3)N(C)C)[nH]c(=O)c2c1C. The van der Waals surface area contributed by atoms with Gasteiger partial charge in [-0.2, -0.15) is 11.3 Å². The number of aromatic nitrogens is 2. The van der Waals surface area contributed by atoms with E-state index in [0.717, 1.165) is 15.3 Å². The van der Waals surface area contributed by atoms with Gasteiger partial charge in [0, 0.05) is 11.4 Å². The first-order valence-electron chi connectivity index (χ1n) is 9.34. The minimum atomic E-state index is -0.243. The number of hydrogen-bond donors (Lipinski definition) is 2. The first-order valence-corrected chi connectivity index (χ1v) is 12.2. The molecule has 0 aliphatic rings. The third kappa shape index (κ3) is 5.09. The van der Waals surface area contributed by atoms with Crippen LogP contribution in [0.4, 0.5) is 0 Å². The maximum Gasteiger partial charge on any atom is 0.259 e. The Morgan fingerprint density at radius 2 is 2.14 bits per heavy atom. The topological polar surface area (TPSA) is 78.1 Å². The van der Waals surface area contributed by atoms with Gasteiger partial charge >= 0.3 is 0 Å². The van der Waals surface area contributed by atoms with Gasteiger partial charge < -0.3 is 15.2 Å². The molecule has 3 aromatic heterocycles. The highest BCUT2D eigenvalue weighted by Crippen LogP contribution is 2.26. The molecule has 0 aromatic carbocycles. The highest BCUT2D eigenvalue weighted by Gasteiger charge is 2.19. The number of aromatic amines is 1. The van der Waals surface area contributed by atoms with E-state index in [4.69, 9.17) is 0 Å². The number of hydrogen-bond acceptors (Lipinski definition) is 7. The van der Waals surface area contributed by atoms with Crippen molar-refractivity contribution < 1.29 is 4.79 Å². The number of H-pyrrole nitrogens is 1. The number of amides is 1. The maximum atomic E-state index is 12.6. The Kier molecular flexibility index (Phi) is 7.15. The largest absolute Gasteiger partial charge is 0.353 e. The molecule has 3 heterocycles. The van der Waals surface area contributed by atoms with Crippen molar-refractivity contribution in [3.63, 3.8) is 0 Å². The summed E-state index contributed by atoms with van der Waals surface area (Å²) in [6.45, 7) is 6.38. The van der Waals surface area contributed by atoms with Gasteiger partial charge in [-0.05, 0) is 62.8 Å². The molecule has 0 spiro atoms. The van der Waals surface area contributed by atoms with Crippen LogP contribution in [0, 0.1) is 13.8 Å². The number of aryl methyl sites for hydroxylation is 2. The van der Waals surface area contributed by atoms with E-state index in [0.29, 0.717) is 23.5 Å². The molecular formula is C20H26N4O2S3. The normalized spacial score (nSPS) is 13.7. The first kappa shape index (κ1) is 22.0. The van der Waals surface area contributed by atoms with Gasteiger partial charge in [0.05, 0.1) is 22.4 Å². The van der Waals surface area contributed by atoms with Crippen LogP contribution in [0.5, 0.6) is 0 Å². The van der Waals surface area contributed by atoms with Crippen LogP contribution >= 0.6 is 34.4 Å². The second kappa shape index (κ2) is 9.42. The van der Waals surface area contributed by atoms with E-state index < -0.39 is 0 Å². The monoisotopic (exact) mass is 450 g/mol. The molecule has 0 saturated heterocycles. The Morgan fingerprint density at radius 1 is 1.38 bits per heavy atom. The summed E-state index contributed by atoms with van der Waals surface area (Å²) < 4.78 is 0. The number of thioether (sulfide) groups is 1. The van der Waals surface area contributed by atoms with Crippen molar-refractivity contribution in [3.05, 3.63) is 49.0 Å². The number of nitrogens with one attached hydrogen (secondary N) is 2. The molecule has 2 N–H and O–H groups in total. The zero-order chi connectivity index (χ0) is 21.1. The Hall–Kier alpha value is -1.68. The van der Waals surface area contributed by atoms with Crippen LogP contribution in [0.2, 0.25) is 0 Å². The molecule has 0 saturated carbocycles. The molecule has 0 aliphatic carbocycles. The van der Waals surface area contributed by atoms with Crippen LogP contribution in [-0.4, -0.2) is 46.7 Å². The number of thiophene rings is 2. The first-order chi connectivity index (χ1) is 13.8. The molecule has 9 heteroatoms. The molecule has 156 valence electrons. The summed E-state index contributed by atoms with van der Waals surface area (Å²) in [6.07, 6.45) is 0. The van der Waals surface area contributed by atoms with Crippen molar-refractivity contribution in [1.82, 2.24) is 20.2 Å². The van der Waals surface area contributed by atoms with Crippen LogP contribution in [0.3, 0.4) is 0 Å². The van der Waals surface area contributed by atoms with Gasteiger partial charge in [0.15, 0.2) is 0 Å². The van der Waals surface area contributed by atoms with Crippen molar-refractivity contribution in [2.24, 2.45) is 0 Å². The summed E-state index contributed by atoms with van der Waals surface area (Å²) in [5, 5.41) is 7.65. The number of nitrogens with zero attached hydrogens (tertiary/aromatic N) is 2. The fourth-order valence-corrected chi connectivity index (χ4v) is 5.59. The number of carbonyl (C=O) groups is 1. The van der Waals surface area contributed by atoms with Gasteiger partial charge in [-0.3, -0.25) is 9.59 Å². The smallest absolute Gasteiger partial charge is 0.259 e. The zero-order valence-corrected chi connectivity index (χ0v) is 19.7. The number of fused-ring (bicyclic) bond motifs is 1. The highest BCUT2D eigenvalue weighted by molar-refractivity contribution is 7.99. The van der Waals surface area contributed by atoms with Crippen LogP contribution in [0.15, 0.2) is 21.6 Å². The van der Waals surface area contributed by atoms with E-state index in [9.17, 15) is 9.59 Å². The maximum absolute atomic E-state index is 12.6. The van der Waals surface area contributed by atoms with Gasteiger partial charge in [0.25, 0.3) is 5.56 Å². The molecule has 3 rings (SSSR count). The van der Waals surface area contributed by atoms with Gasteiger partial charge in [-0.25, -0.2) is 4.98 Å². The third-order valence-electron chi connectivity index (χ3n) is 4.95. The lowest BCUT2D eigenvalue weighted by molar-refractivity contribution is -0.120. The molecule has 2 atom stereocenters.